The molecule has 0 spiro atoms. The Hall–Kier alpha value is -1.75. The highest BCUT2D eigenvalue weighted by molar-refractivity contribution is 7.99. The summed E-state index contributed by atoms with van der Waals surface area (Å²) in [7, 11) is 0. The molecule has 0 unspecified atom stereocenters. The highest BCUT2D eigenvalue weighted by Gasteiger charge is 1.99. The smallest absolute Gasteiger partial charge is 0.330 e. The van der Waals surface area contributed by atoms with Gasteiger partial charge < -0.3 is 10.4 Å². The summed E-state index contributed by atoms with van der Waals surface area (Å²) in [5.41, 5.74) is 1.10. The number of amides is 1. The molecule has 2 N–H and O–H groups in total. The SMILES string of the molecule is CC(=O)Nc1ccc(SCC=C(C)C(=O)O)cc1. The maximum absolute atomic E-state index is 10.8. The normalized spacial score (nSPS) is 11.1. The average molecular weight is 265 g/mol. The molecule has 18 heavy (non-hydrogen) atoms. The van der Waals surface area contributed by atoms with E-state index in [1.54, 1.807) is 24.8 Å². The Morgan fingerprint density at radius 1 is 1.28 bits per heavy atom. The van der Waals surface area contributed by atoms with Crippen molar-refractivity contribution in [2.75, 3.05) is 11.1 Å². The van der Waals surface area contributed by atoms with Crippen LogP contribution in [0, 0.1) is 0 Å². The summed E-state index contributed by atoms with van der Waals surface area (Å²) in [6.07, 6.45) is 1.68. The van der Waals surface area contributed by atoms with Gasteiger partial charge in [-0.1, -0.05) is 6.08 Å². The van der Waals surface area contributed by atoms with Crippen LogP contribution in [0.2, 0.25) is 0 Å². The van der Waals surface area contributed by atoms with Crippen molar-refractivity contribution < 1.29 is 14.7 Å². The molecule has 4 nitrogen and oxygen atoms in total. The van der Waals surface area contributed by atoms with Crippen molar-refractivity contribution in [3.63, 3.8) is 0 Å². The van der Waals surface area contributed by atoms with Gasteiger partial charge in [0.2, 0.25) is 5.91 Å². The molecular formula is C13H15NO3S. The third kappa shape index (κ3) is 5.05. The van der Waals surface area contributed by atoms with E-state index in [4.69, 9.17) is 5.11 Å². The Balaban J connectivity index is 2.51. The number of thioether (sulfide) groups is 1. The van der Waals surface area contributed by atoms with Gasteiger partial charge >= 0.3 is 5.97 Å². The van der Waals surface area contributed by atoms with E-state index in [2.05, 4.69) is 5.32 Å². The number of rotatable bonds is 5. The van der Waals surface area contributed by atoms with E-state index in [1.807, 2.05) is 24.3 Å². The standard InChI is InChI=1S/C13H15NO3S/c1-9(13(16)17)7-8-18-12-5-3-11(4-6-12)14-10(2)15/h3-7H,8H2,1-2H3,(H,14,15)(H,16,17). The number of hydrogen-bond donors (Lipinski definition) is 2. The second-order valence-corrected chi connectivity index (χ2v) is 4.80. The summed E-state index contributed by atoms with van der Waals surface area (Å²) in [6.45, 7) is 3.03. The first kappa shape index (κ1) is 14.3. The highest BCUT2D eigenvalue weighted by Crippen LogP contribution is 2.20. The van der Waals surface area contributed by atoms with Gasteiger partial charge in [-0.2, -0.15) is 0 Å². The number of hydrogen-bond acceptors (Lipinski definition) is 3. The molecule has 5 heteroatoms. The van der Waals surface area contributed by atoms with Crippen LogP contribution in [0.5, 0.6) is 0 Å². The first-order valence-corrected chi connectivity index (χ1v) is 6.38. The molecule has 0 aliphatic rings. The summed E-state index contributed by atoms with van der Waals surface area (Å²) in [6, 6.07) is 7.41. The third-order valence-electron chi connectivity index (χ3n) is 2.15. The Labute approximate surface area is 110 Å². The lowest BCUT2D eigenvalue weighted by Crippen LogP contribution is -2.05. The third-order valence-corrected chi connectivity index (χ3v) is 3.09. The molecule has 0 heterocycles. The van der Waals surface area contributed by atoms with Crippen LogP contribution in [0.1, 0.15) is 13.8 Å². The topological polar surface area (TPSA) is 66.4 Å². The van der Waals surface area contributed by atoms with Gasteiger partial charge in [-0.25, -0.2) is 4.79 Å². The minimum atomic E-state index is -0.892. The Morgan fingerprint density at radius 3 is 2.39 bits per heavy atom. The minimum Gasteiger partial charge on any atom is -0.478 e. The van der Waals surface area contributed by atoms with E-state index >= 15 is 0 Å². The number of carboxylic acids is 1. The van der Waals surface area contributed by atoms with Gasteiger partial charge in [0, 0.05) is 28.8 Å². The molecule has 0 aliphatic heterocycles. The number of aliphatic carboxylic acids is 1. The number of carbonyl (C=O) groups excluding carboxylic acids is 1. The summed E-state index contributed by atoms with van der Waals surface area (Å²) in [5.74, 6) is -0.385. The fraction of sp³-hybridized carbons (Fsp3) is 0.231. The zero-order chi connectivity index (χ0) is 13.5. The van der Waals surface area contributed by atoms with E-state index in [0.717, 1.165) is 10.6 Å². The van der Waals surface area contributed by atoms with E-state index in [0.29, 0.717) is 11.3 Å². The van der Waals surface area contributed by atoms with E-state index < -0.39 is 5.97 Å². The van der Waals surface area contributed by atoms with Crippen molar-refractivity contribution in [2.24, 2.45) is 0 Å². The molecule has 0 atom stereocenters. The highest BCUT2D eigenvalue weighted by atomic mass is 32.2. The molecule has 96 valence electrons. The van der Waals surface area contributed by atoms with Gasteiger partial charge in [0.05, 0.1) is 0 Å². The fourth-order valence-electron chi connectivity index (χ4n) is 1.19. The lowest BCUT2D eigenvalue weighted by Gasteiger charge is -2.03. The molecule has 0 fully saturated rings. The Kier molecular flexibility index (Phi) is 5.45. The summed E-state index contributed by atoms with van der Waals surface area (Å²) < 4.78 is 0. The van der Waals surface area contributed by atoms with Crippen LogP contribution in [-0.2, 0) is 9.59 Å². The first-order chi connectivity index (χ1) is 8.49. The van der Waals surface area contributed by atoms with Gasteiger partial charge in [-0.3, -0.25) is 4.79 Å². The summed E-state index contributed by atoms with van der Waals surface area (Å²) in [5, 5.41) is 11.4. The Bertz CT molecular complexity index is 466. The number of anilines is 1. The van der Waals surface area contributed by atoms with Crippen LogP contribution < -0.4 is 5.32 Å². The number of carbonyl (C=O) groups is 2. The zero-order valence-corrected chi connectivity index (χ0v) is 11.1. The Morgan fingerprint density at radius 2 is 1.89 bits per heavy atom. The molecular weight excluding hydrogens is 250 g/mol. The lowest BCUT2D eigenvalue weighted by atomic mass is 10.3. The van der Waals surface area contributed by atoms with Gasteiger partial charge in [0.1, 0.15) is 0 Å². The maximum Gasteiger partial charge on any atom is 0.330 e. The number of benzene rings is 1. The molecule has 0 aliphatic carbocycles. The fourth-order valence-corrected chi connectivity index (χ4v) is 2.04. The maximum atomic E-state index is 10.8. The minimum absolute atomic E-state index is 0.101. The summed E-state index contributed by atoms with van der Waals surface area (Å²) >= 11 is 1.54. The van der Waals surface area contributed by atoms with Crippen molar-refractivity contribution in [3.05, 3.63) is 35.9 Å². The lowest BCUT2D eigenvalue weighted by molar-refractivity contribution is -0.132. The van der Waals surface area contributed by atoms with Crippen molar-refractivity contribution in [1.82, 2.24) is 0 Å². The van der Waals surface area contributed by atoms with Crippen LogP contribution >= 0.6 is 11.8 Å². The average Bonchev–Trinajstić information content (AvgIpc) is 2.30. The molecule has 1 aromatic carbocycles. The van der Waals surface area contributed by atoms with Gasteiger partial charge in [0.15, 0.2) is 0 Å². The molecule has 0 aromatic heterocycles. The molecule has 1 amide bonds. The van der Waals surface area contributed by atoms with Gasteiger partial charge in [-0.15, -0.1) is 11.8 Å². The zero-order valence-electron chi connectivity index (χ0n) is 10.3. The number of carboxylic acid groups (broad SMARTS) is 1. The van der Waals surface area contributed by atoms with Crippen molar-refractivity contribution in [1.29, 1.82) is 0 Å². The largest absolute Gasteiger partial charge is 0.478 e. The predicted octanol–water partition coefficient (Wildman–Crippen LogP) is 2.77. The first-order valence-electron chi connectivity index (χ1n) is 5.39. The monoisotopic (exact) mass is 265 g/mol. The van der Waals surface area contributed by atoms with E-state index in [9.17, 15) is 9.59 Å². The molecule has 1 rings (SSSR count). The van der Waals surface area contributed by atoms with E-state index in [-0.39, 0.29) is 5.91 Å². The predicted molar refractivity (Wildman–Crippen MR) is 72.9 cm³/mol. The van der Waals surface area contributed by atoms with Gasteiger partial charge in [-0.05, 0) is 31.2 Å². The quantitative estimate of drug-likeness (QED) is 0.634. The molecule has 0 radical (unpaired) electrons. The van der Waals surface area contributed by atoms with Crippen LogP contribution in [0.3, 0.4) is 0 Å². The van der Waals surface area contributed by atoms with Crippen molar-refractivity contribution in [3.8, 4) is 0 Å². The molecule has 0 saturated carbocycles. The van der Waals surface area contributed by atoms with Crippen LogP contribution in [0.15, 0.2) is 40.8 Å². The summed E-state index contributed by atoms with van der Waals surface area (Å²) in [4.78, 5) is 22.4. The van der Waals surface area contributed by atoms with Crippen LogP contribution in [0.4, 0.5) is 5.69 Å². The van der Waals surface area contributed by atoms with Crippen LogP contribution in [-0.4, -0.2) is 22.7 Å². The molecule has 0 saturated heterocycles. The molecule has 1 aromatic rings. The van der Waals surface area contributed by atoms with Crippen molar-refractivity contribution >= 4 is 29.3 Å². The van der Waals surface area contributed by atoms with Crippen molar-refractivity contribution in [2.45, 2.75) is 18.7 Å². The number of nitrogens with one attached hydrogen (secondary N) is 1. The molecule has 0 bridgehead atoms. The van der Waals surface area contributed by atoms with Gasteiger partial charge in [0.25, 0.3) is 0 Å². The van der Waals surface area contributed by atoms with Crippen LogP contribution in [0.25, 0.3) is 0 Å². The van der Waals surface area contributed by atoms with E-state index in [1.165, 1.54) is 6.92 Å². The second-order valence-electron chi connectivity index (χ2n) is 3.71. The second kappa shape index (κ2) is 6.86.